The number of amides is 1. The van der Waals surface area contributed by atoms with Gasteiger partial charge in [-0.2, -0.15) is 0 Å². The number of ether oxygens (including phenoxy) is 1. The lowest BCUT2D eigenvalue weighted by Crippen LogP contribution is -2.31. The average Bonchev–Trinajstić information content (AvgIpc) is 3.21. The number of hydrogen-bond donors (Lipinski definition) is 2. The molecule has 142 valence electrons. The van der Waals surface area contributed by atoms with Crippen molar-refractivity contribution in [1.29, 1.82) is 0 Å². The van der Waals surface area contributed by atoms with Crippen LogP contribution in [0.15, 0.2) is 72.9 Å². The van der Waals surface area contributed by atoms with Crippen molar-refractivity contribution in [1.82, 2.24) is 20.3 Å². The zero-order valence-corrected chi connectivity index (χ0v) is 15.6. The van der Waals surface area contributed by atoms with Crippen LogP contribution in [0.4, 0.5) is 0 Å². The molecule has 0 spiro atoms. The van der Waals surface area contributed by atoms with Crippen molar-refractivity contribution in [3.63, 3.8) is 0 Å². The van der Waals surface area contributed by atoms with Crippen molar-refractivity contribution >= 4 is 5.91 Å². The Hall–Kier alpha value is -3.93. The van der Waals surface area contributed by atoms with Gasteiger partial charge in [-0.3, -0.25) is 4.79 Å². The van der Waals surface area contributed by atoms with E-state index >= 15 is 0 Å². The Labute approximate surface area is 167 Å². The lowest BCUT2D eigenvalue weighted by atomic mass is 10.1. The molecular weight excluding hydrogens is 364 g/mol. The maximum Gasteiger partial charge on any atom is 0.253 e. The molecule has 5 rings (SSSR count). The van der Waals surface area contributed by atoms with Crippen LogP contribution in [0.2, 0.25) is 0 Å². The third-order valence-corrected chi connectivity index (χ3v) is 4.83. The normalized spacial score (nSPS) is 12.9. The van der Waals surface area contributed by atoms with Gasteiger partial charge in [-0.15, -0.1) is 0 Å². The van der Waals surface area contributed by atoms with E-state index in [2.05, 4.69) is 20.3 Å². The highest BCUT2D eigenvalue weighted by atomic mass is 16.5. The summed E-state index contributed by atoms with van der Waals surface area (Å²) in [5.41, 5.74) is 4.10. The van der Waals surface area contributed by atoms with E-state index in [0.29, 0.717) is 17.9 Å². The number of H-pyrrole nitrogens is 1. The number of carbonyl (C=O) groups is 1. The first-order chi connectivity index (χ1) is 14.3. The highest BCUT2D eigenvalue weighted by molar-refractivity contribution is 5.97. The minimum absolute atomic E-state index is 0.0444. The smallest absolute Gasteiger partial charge is 0.253 e. The van der Waals surface area contributed by atoms with Gasteiger partial charge in [-0.05, 0) is 48.5 Å². The Bertz CT molecular complexity index is 1170. The molecule has 6 heteroatoms. The van der Waals surface area contributed by atoms with Gasteiger partial charge >= 0.3 is 0 Å². The molecule has 0 radical (unpaired) electrons. The third kappa shape index (κ3) is 3.48. The Balaban J connectivity index is 1.40. The molecule has 29 heavy (non-hydrogen) atoms. The van der Waals surface area contributed by atoms with E-state index in [1.54, 1.807) is 6.20 Å². The SMILES string of the molecule is O=C1NCCc2[nH]c(-c3ccnc(-c4ccc(Oc5ccccc5)cc4)n3)cc21. The predicted molar refractivity (Wildman–Crippen MR) is 110 cm³/mol. The van der Waals surface area contributed by atoms with Crippen molar-refractivity contribution in [2.24, 2.45) is 0 Å². The molecule has 0 fully saturated rings. The largest absolute Gasteiger partial charge is 0.457 e. The van der Waals surface area contributed by atoms with Gasteiger partial charge in [-0.1, -0.05) is 18.2 Å². The third-order valence-electron chi connectivity index (χ3n) is 4.83. The first-order valence-electron chi connectivity index (χ1n) is 9.43. The van der Waals surface area contributed by atoms with Crippen molar-refractivity contribution in [3.8, 4) is 34.3 Å². The molecule has 2 aromatic carbocycles. The molecule has 0 aliphatic carbocycles. The minimum atomic E-state index is -0.0444. The van der Waals surface area contributed by atoms with E-state index in [1.807, 2.05) is 66.7 Å². The molecule has 6 nitrogen and oxygen atoms in total. The van der Waals surface area contributed by atoms with Crippen LogP contribution >= 0.6 is 0 Å². The van der Waals surface area contributed by atoms with Crippen LogP contribution in [0.3, 0.4) is 0 Å². The van der Waals surface area contributed by atoms with Crippen LogP contribution < -0.4 is 10.1 Å². The lowest BCUT2D eigenvalue weighted by molar-refractivity contribution is 0.0946. The Morgan fingerprint density at radius 3 is 2.52 bits per heavy atom. The summed E-state index contributed by atoms with van der Waals surface area (Å²) < 4.78 is 5.84. The summed E-state index contributed by atoms with van der Waals surface area (Å²) in [5, 5.41) is 2.86. The Kier molecular flexibility index (Phi) is 4.29. The summed E-state index contributed by atoms with van der Waals surface area (Å²) in [6.45, 7) is 0.651. The topological polar surface area (TPSA) is 79.9 Å². The molecule has 0 saturated carbocycles. The first kappa shape index (κ1) is 17.2. The van der Waals surface area contributed by atoms with Gasteiger partial charge in [0.05, 0.1) is 17.0 Å². The van der Waals surface area contributed by atoms with Crippen LogP contribution in [-0.4, -0.2) is 27.4 Å². The fourth-order valence-corrected chi connectivity index (χ4v) is 3.38. The van der Waals surface area contributed by atoms with E-state index in [0.717, 1.165) is 40.6 Å². The molecular formula is C23H18N4O2. The molecule has 2 aromatic heterocycles. The second-order valence-electron chi connectivity index (χ2n) is 6.79. The van der Waals surface area contributed by atoms with Crippen LogP contribution in [-0.2, 0) is 6.42 Å². The molecule has 1 amide bonds. The molecule has 3 heterocycles. The standard InChI is InChI=1S/C23H18N4O2/c28-23-18-14-21(26-19(18)10-13-25-23)20-11-12-24-22(27-20)15-6-8-17(9-7-15)29-16-4-2-1-3-5-16/h1-9,11-12,14,26H,10,13H2,(H,25,28). The maximum absolute atomic E-state index is 12.0. The summed E-state index contributed by atoms with van der Waals surface area (Å²) in [7, 11) is 0. The van der Waals surface area contributed by atoms with Crippen LogP contribution in [0.1, 0.15) is 16.1 Å². The fraction of sp³-hybridized carbons (Fsp3) is 0.0870. The molecule has 1 aliphatic rings. The minimum Gasteiger partial charge on any atom is -0.457 e. The number of carbonyl (C=O) groups excluding carboxylic acids is 1. The highest BCUT2D eigenvalue weighted by Gasteiger charge is 2.20. The van der Waals surface area contributed by atoms with Gasteiger partial charge in [0.15, 0.2) is 5.82 Å². The maximum atomic E-state index is 12.0. The first-order valence-corrected chi connectivity index (χ1v) is 9.43. The molecule has 0 saturated heterocycles. The van der Waals surface area contributed by atoms with Gasteiger partial charge in [0.25, 0.3) is 5.91 Å². The second kappa shape index (κ2) is 7.24. The van der Waals surface area contributed by atoms with Crippen LogP contribution in [0.25, 0.3) is 22.8 Å². The zero-order chi connectivity index (χ0) is 19.6. The van der Waals surface area contributed by atoms with Crippen LogP contribution in [0.5, 0.6) is 11.5 Å². The lowest BCUT2D eigenvalue weighted by Gasteiger charge is -2.10. The number of benzene rings is 2. The van der Waals surface area contributed by atoms with E-state index in [1.165, 1.54) is 0 Å². The summed E-state index contributed by atoms with van der Waals surface area (Å²) in [4.78, 5) is 24.4. The highest BCUT2D eigenvalue weighted by Crippen LogP contribution is 2.26. The summed E-state index contributed by atoms with van der Waals surface area (Å²) in [6.07, 6.45) is 2.52. The summed E-state index contributed by atoms with van der Waals surface area (Å²) in [6, 6.07) is 21.0. The second-order valence-corrected chi connectivity index (χ2v) is 6.79. The van der Waals surface area contributed by atoms with Gasteiger partial charge in [0.2, 0.25) is 0 Å². The fourth-order valence-electron chi connectivity index (χ4n) is 3.38. The number of fused-ring (bicyclic) bond motifs is 1. The number of aromatic amines is 1. The monoisotopic (exact) mass is 382 g/mol. The van der Waals surface area contributed by atoms with Crippen molar-refractivity contribution in [3.05, 3.63) is 84.2 Å². The van der Waals surface area contributed by atoms with E-state index in [9.17, 15) is 4.79 Å². The Morgan fingerprint density at radius 1 is 0.931 bits per heavy atom. The summed E-state index contributed by atoms with van der Waals surface area (Å²) >= 11 is 0. The average molecular weight is 382 g/mol. The van der Waals surface area contributed by atoms with E-state index < -0.39 is 0 Å². The molecule has 0 unspecified atom stereocenters. The van der Waals surface area contributed by atoms with Crippen molar-refractivity contribution in [2.75, 3.05) is 6.54 Å². The van der Waals surface area contributed by atoms with E-state index in [4.69, 9.17) is 4.74 Å². The van der Waals surface area contributed by atoms with E-state index in [-0.39, 0.29) is 5.91 Å². The molecule has 4 aromatic rings. The number of nitrogens with one attached hydrogen (secondary N) is 2. The van der Waals surface area contributed by atoms with Gasteiger partial charge < -0.3 is 15.0 Å². The quantitative estimate of drug-likeness (QED) is 0.554. The van der Waals surface area contributed by atoms with Gasteiger partial charge in [0.1, 0.15) is 11.5 Å². The number of nitrogens with zero attached hydrogens (tertiary/aromatic N) is 2. The molecule has 2 N–H and O–H groups in total. The predicted octanol–water partition coefficient (Wildman–Crippen LogP) is 4.22. The number of hydrogen-bond acceptors (Lipinski definition) is 4. The summed E-state index contributed by atoms with van der Waals surface area (Å²) in [5.74, 6) is 2.11. The molecule has 1 aliphatic heterocycles. The van der Waals surface area contributed by atoms with Crippen molar-refractivity contribution < 1.29 is 9.53 Å². The van der Waals surface area contributed by atoms with Gasteiger partial charge in [-0.25, -0.2) is 9.97 Å². The number of aromatic nitrogens is 3. The van der Waals surface area contributed by atoms with Crippen LogP contribution in [0, 0.1) is 0 Å². The molecule has 0 bridgehead atoms. The molecule has 0 atom stereocenters. The Morgan fingerprint density at radius 2 is 1.72 bits per heavy atom. The number of rotatable bonds is 4. The zero-order valence-electron chi connectivity index (χ0n) is 15.6. The number of para-hydroxylation sites is 1. The van der Waals surface area contributed by atoms with Crippen molar-refractivity contribution in [2.45, 2.75) is 6.42 Å². The van der Waals surface area contributed by atoms with Gasteiger partial charge in [0, 0.05) is 30.4 Å².